The van der Waals surface area contributed by atoms with Crippen LogP contribution < -0.4 is 5.32 Å². The Morgan fingerprint density at radius 2 is 1.88 bits per heavy atom. The Labute approximate surface area is 156 Å². The summed E-state index contributed by atoms with van der Waals surface area (Å²) >= 11 is 1.64. The summed E-state index contributed by atoms with van der Waals surface area (Å²) in [5.41, 5.74) is 1.27. The topological polar surface area (TPSA) is 78.3 Å². The number of amides is 1. The van der Waals surface area contributed by atoms with Gasteiger partial charge in [-0.05, 0) is 31.2 Å². The highest BCUT2D eigenvalue weighted by Gasteiger charge is 2.17. The van der Waals surface area contributed by atoms with E-state index in [1.54, 1.807) is 16.2 Å². The molecule has 0 saturated heterocycles. The van der Waals surface area contributed by atoms with Gasteiger partial charge < -0.3 is 15.3 Å². The summed E-state index contributed by atoms with van der Waals surface area (Å²) in [6, 6.07) is 13.6. The fourth-order valence-electron chi connectivity index (χ4n) is 2.47. The Morgan fingerprint density at radius 1 is 1.15 bits per heavy atom. The van der Waals surface area contributed by atoms with Gasteiger partial charge in [0.15, 0.2) is 0 Å². The highest BCUT2D eigenvalue weighted by atomic mass is 32.1. The first-order chi connectivity index (χ1) is 12.7. The molecule has 7 heteroatoms. The number of aliphatic hydroxyl groups is 1. The molecule has 0 aliphatic heterocycles. The van der Waals surface area contributed by atoms with Crippen LogP contribution in [-0.2, 0) is 6.54 Å². The number of hydrogen-bond acceptors (Lipinski definition) is 6. The first-order valence-electron chi connectivity index (χ1n) is 8.25. The molecular formula is C19H20N4O2S. The number of nitrogens with one attached hydrogen (secondary N) is 1. The molecule has 0 aliphatic carbocycles. The van der Waals surface area contributed by atoms with Crippen LogP contribution in [0, 0.1) is 6.92 Å². The zero-order chi connectivity index (χ0) is 18.4. The summed E-state index contributed by atoms with van der Waals surface area (Å²) in [5, 5.41) is 12.4. The molecule has 134 valence electrons. The van der Waals surface area contributed by atoms with Crippen LogP contribution in [0.1, 0.15) is 20.1 Å². The first-order valence-corrected chi connectivity index (χ1v) is 9.07. The molecule has 2 heterocycles. The number of carbonyl (C=O) groups is 1. The molecule has 0 aliphatic rings. The van der Waals surface area contributed by atoms with Gasteiger partial charge in [-0.25, -0.2) is 9.97 Å². The van der Waals surface area contributed by atoms with Crippen LogP contribution in [0.5, 0.6) is 0 Å². The lowest BCUT2D eigenvalue weighted by molar-refractivity contribution is 0.0709. The molecule has 0 atom stereocenters. The van der Waals surface area contributed by atoms with Gasteiger partial charge in [0.2, 0.25) is 5.95 Å². The van der Waals surface area contributed by atoms with Crippen LogP contribution in [0.4, 0.5) is 11.6 Å². The molecule has 6 nitrogen and oxygen atoms in total. The fourth-order valence-corrected chi connectivity index (χ4v) is 3.37. The van der Waals surface area contributed by atoms with Gasteiger partial charge in [0.1, 0.15) is 0 Å². The number of thiophene rings is 1. The number of carbonyl (C=O) groups excluding carboxylic acids is 1. The summed E-state index contributed by atoms with van der Waals surface area (Å²) < 4.78 is 0. The standard InChI is InChI=1S/C19H20N4O2S/c1-14-7-8-17(26-14)13-23(9-10-24)18(25)15-11-20-19(21-12-15)22-16-5-3-2-4-6-16/h2-8,11-12,24H,9-10,13H2,1H3,(H,20,21,22). The van der Waals surface area contributed by atoms with Gasteiger partial charge in [0.25, 0.3) is 5.91 Å². The number of benzene rings is 1. The highest BCUT2D eigenvalue weighted by molar-refractivity contribution is 7.11. The molecule has 1 amide bonds. The van der Waals surface area contributed by atoms with Gasteiger partial charge in [0, 0.05) is 34.4 Å². The molecule has 0 fully saturated rings. The summed E-state index contributed by atoms with van der Waals surface area (Å²) in [4.78, 5) is 25.0. The van der Waals surface area contributed by atoms with Crippen LogP contribution >= 0.6 is 11.3 Å². The minimum absolute atomic E-state index is 0.0927. The lowest BCUT2D eigenvalue weighted by atomic mass is 10.2. The zero-order valence-electron chi connectivity index (χ0n) is 14.4. The van der Waals surface area contributed by atoms with Gasteiger partial charge in [-0.1, -0.05) is 18.2 Å². The lowest BCUT2D eigenvalue weighted by Gasteiger charge is -2.21. The van der Waals surface area contributed by atoms with Crippen LogP contribution in [0.2, 0.25) is 0 Å². The van der Waals surface area contributed by atoms with Crippen molar-refractivity contribution in [3.8, 4) is 0 Å². The van der Waals surface area contributed by atoms with Gasteiger partial charge in [0.05, 0.1) is 18.7 Å². The van der Waals surface area contributed by atoms with E-state index >= 15 is 0 Å². The Hall–Kier alpha value is -2.77. The summed E-state index contributed by atoms with van der Waals surface area (Å²) in [6.45, 7) is 2.66. The van der Waals surface area contributed by atoms with E-state index in [2.05, 4.69) is 15.3 Å². The molecule has 0 saturated carbocycles. The third-order valence-corrected chi connectivity index (χ3v) is 4.71. The van der Waals surface area contributed by atoms with E-state index in [0.717, 1.165) is 10.6 Å². The SMILES string of the molecule is Cc1ccc(CN(CCO)C(=O)c2cnc(Nc3ccccc3)nc2)s1. The van der Waals surface area contributed by atoms with Crippen molar-refractivity contribution in [1.82, 2.24) is 14.9 Å². The number of nitrogens with zero attached hydrogens (tertiary/aromatic N) is 3. The van der Waals surface area contributed by atoms with Crippen LogP contribution in [0.15, 0.2) is 54.9 Å². The largest absolute Gasteiger partial charge is 0.395 e. The Morgan fingerprint density at radius 3 is 2.50 bits per heavy atom. The number of aliphatic hydroxyl groups excluding tert-OH is 1. The van der Waals surface area contributed by atoms with E-state index in [4.69, 9.17) is 0 Å². The number of aromatic nitrogens is 2. The van der Waals surface area contributed by atoms with Crippen molar-refractivity contribution in [2.75, 3.05) is 18.5 Å². The monoisotopic (exact) mass is 368 g/mol. The number of rotatable bonds is 7. The summed E-state index contributed by atoms with van der Waals surface area (Å²) in [7, 11) is 0. The lowest BCUT2D eigenvalue weighted by Crippen LogP contribution is -2.33. The average molecular weight is 368 g/mol. The maximum absolute atomic E-state index is 12.7. The van der Waals surface area contributed by atoms with E-state index in [0.29, 0.717) is 18.1 Å². The molecule has 0 radical (unpaired) electrons. The second-order valence-electron chi connectivity index (χ2n) is 5.75. The Kier molecular flexibility index (Phi) is 5.93. The van der Waals surface area contributed by atoms with Crippen LogP contribution in [0.25, 0.3) is 0 Å². The first kappa shape index (κ1) is 18.0. The zero-order valence-corrected chi connectivity index (χ0v) is 15.2. The predicted molar refractivity (Wildman–Crippen MR) is 103 cm³/mol. The molecule has 0 spiro atoms. The summed E-state index contributed by atoms with van der Waals surface area (Å²) in [5.74, 6) is 0.228. The minimum Gasteiger partial charge on any atom is -0.395 e. The number of para-hydroxylation sites is 1. The van der Waals surface area contributed by atoms with E-state index in [1.165, 1.54) is 17.3 Å². The molecule has 0 unspecified atom stereocenters. The van der Waals surface area contributed by atoms with Gasteiger partial charge in [-0.2, -0.15) is 0 Å². The Bertz CT molecular complexity index is 849. The van der Waals surface area contributed by atoms with Crippen LogP contribution in [-0.4, -0.2) is 39.0 Å². The molecule has 3 rings (SSSR count). The van der Waals surface area contributed by atoms with Crippen molar-refractivity contribution in [3.63, 3.8) is 0 Å². The summed E-state index contributed by atoms with van der Waals surface area (Å²) in [6.07, 6.45) is 3.01. The van der Waals surface area contributed by atoms with Crippen molar-refractivity contribution in [2.24, 2.45) is 0 Å². The third kappa shape index (κ3) is 4.65. The van der Waals surface area contributed by atoms with E-state index < -0.39 is 0 Å². The minimum atomic E-state index is -0.198. The smallest absolute Gasteiger partial charge is 0.257 e. The van der Waals surface area contributed by atoms with Crippen molar-refractivity contribution >= 4 is 28.9 Å². The molecular weight excluding hydrogens is 348 g/mol. The normalized spacial score (nSPS) is 10.5. The molecule has 2 aromatic heterocycles. The maximum Gasteiger partial charge on any atom is 0.257 e. The number of anilines is 2. The highest BCUT2D eigenvalue weighted by Crippen LogP contribution is 2.18. The van der Waals surface area contributed by atoms with Crippen LogP contribution in [0.3, 0.4) is 0 Å². The predicted octanol–water partition coefficient (Wildman–Crippen LogP) is 3.22. The molecule has 2 N–H and O–H groups in total. The van der Waals surface area contributed by atoms with Gasteiger partial charge in [-0.15, -0.1) is 11.3 Å². The van der Waals surface area contributed by atoms with E-state index in [1.807, 2.05) is 49.4 Å². The second kappa shape index (κ2) is 8.55. The quantitative estimate of drug-likeness (QED) is 0.669. The number of hydrogen-bond donors (Lipinski definition) is 2. The van der Waals surface area contributed by atoms with E-state index in [9.17, 15) is 9.90 Å². The maximum atomic E-state index is 12.7. The molecule has 26 heavy (non-hydrogen) atoms. The van der Waals surface area contributed by atoms with Crippen molar-refractivity contribution < 1.29 is 9.90 Å². The fraction of sp³-hybridized carbons (Fsp3) is 0.211. The van der Waals surface area contributed by atoms with Crippen molar-refractivity contribution in [2.45, 2.75) is 13.5 Å². The van der Waals surface area contributed by atoms with Crippen molar-refractivity contribution in [1.29, 1.82) is 0 Å². The van der Waals surface area contributed by atoms with Gasteiger partial charge >= 0.3 is 0 Å². The van der Waals surface area contributed by atoms with E-state index in [-0.39, 0.29) is 19.1 Å². The second-order valence-corrected chi connectivity index (χ2v) is 7.12. The van der Waals surface area contributed by atoms with Crippen molar-refractivity contribution in [3.05, 3.63) is 70.2 Å². The molecule has 3 aromatic rings. The molecule has 1 aromatic carbocycles. The molecule has 0 bridgehead atoms. The Balaban J connectivity index is 1.70. The third-order valence-electron chi connectivity index (χ3n) is 3.73. The average Bonchev–Trinajstić information content (AvgIpc) is 3.07. The number of aryl methyl sites for hydroxylation is 1. The van der Waals surface area contributed by atoms with Gasteiger partial charge in [-0.3, -0.25) is 4.79 Å².